The highest BCUT2D eigenvalue weighted by Gasteiger charge is 2.20. The zero-order valence-electron chi connectivity index (χ0n) is 6.77. The minimum absolute atomic E-state index is 0.465. The Morgan fingerprint density at radius 2 is 2.33 bits per heavy atom. The summed E-state index contributed by atoms with van der Waals surface area (Å²) < 4.78 is 0. The highest BCUT2D eigenvalue weighted by molar-refractivity contribution is 5.95. The molecular weight excluding hydrogens is 150 g/mol. The maximum atomic E-state index is 5.72. The monoisotopic (exact) mass is 161 g/mol. The first-order chi connectivity index (χ1) is 5.86. The van der Waals surface area contributed by atoms with Crippen LogP contribution in [0.25, 0.3) is 0 Å². The van der Waals surface area contributed by atoms with E-state index in [1.807, 2.05) is 18.2 Å². The summed E-state index contributed by atoms with van der Waals surface area (Å²) in [5.74, 6) is 0.568. The number of nitrogens with zero attached hydrogens (tertiary/aromatic N) is 2. The third kappa shape index (κ3) is 1.61. The number of hydrogen-bond donors (Lipinski definition) is 1. The molecule has 1 fully saturated rings. The van der Waals surface area contributed by atoms with Gasteiger partial charge in [0.1, 0.15) is 11.5 Å². The van der Waals surface area contributed by atoms with Crippen LogP contribution in [0.4, 0.5) is 0 Å². The highest BCUT2D eigenvalue weighted by atomic mass is 14.9. The van der Waals surface area contributed by atoms with Gasteiger partial charge in [0, 0.05) is 6.20 Å². The summed E-state index contributed by atoms with van der Waals surface area (Å²) in [6, 6.07) is 6.12. The summed E-state index contributed by atoms with van der Waals surface area (Å²) in [6.45, 7) is 0. The number of pyridine rings is 1. The molecule has 1 aromatic heterocycles. The molecule has 3 heteroatoms. The molecule has 0 spiro atoms. The third-order valence-corrected chi connectivity index (χ3v) is 1.80. The van der Waals surface area contributed by atoms with Gasteiger partial charge in [0.15, 0.2) is 0 Å². The van der Waals surface area contributed by atoms with Crippen LogP contribution in [0.2, 0.25) is 0 Å². The maximum Gasteiger partial charge on any atom is 0.144 e. The Kier molecular flexibility index (Phi) is 1.78. The Morgan fingerprint density at radius 3 is 2.92 bits per heavy atom. The predicted molar refractivity (Wildman–Crippen MR) is 48.0 cm³/mol. The summed E-state index contributed by atoms with van der Waals surface area (Å²) in [4.78, 5) is 8.39. The molecule has 2 N–H and O–H groups in total. The van der Waals surface area contributed by atoms with Gasteiger partial charge in [-0.3, -0.25) is 9.98 Å². The molecule has 0 atom stereocenters. The van der Waals surface area contributed by atoms with Crippen molar-refractivity contribution in [2.75, 3.05) is 0 Å². The molecule has 1 aliphatic carbocycles. The summed E-state index contributed by atoms with van der Waals surface area (Å²) in [7, 11) is 0. The molecule has 1 aromatic rings. The molecule has 0 radical (unpaired) electrons. The van der Waals surface area contributed by atoms with Crippen LogP contribution in [0.15, 0.2) is 29.4 Å². The van der Waals surface area contributed by atoms with Crippen LogP contribution in [0.1, 0.15) is 18.5 Å². The van der Waals surface area contributed by atoms with Crippen molar-refractivity contribution in [2.24, 2.45) is 10.7 Å². The van der Waals surface area contributed by atoms with Gasteiger partial charge < -0.3 is 5.73 Å². The molecule has 0 amide bonds. The van der Waals surface area contributed by atoms with E-state index in [1.54, 1.807) is 6.20 Å². The lowest BCUT2D eigenvalue weighted by atomic mass is 10.3. The van der Waals surface area contributed by atoms with Crippen LogP contribution < -0.4 is 5.73 Å². The van der Waals surface area contributed by atoms with Crippen molar-refractivity contribution in [3.63, 3.8) is 0 Å². The molecule has 0 bridgehead atoms. The van der Waals surface area contributed by atoms with E-state index in [9.17, 15) is 0 Å². The van der Waals surface area contributed by atoms with Gasteiger partial charge in [0.05, 0.1) is 6.04 Å². The molecule has 0 unspecified atom stereocenters. The standard InChI is InChI=1S/C9H11N3/c10-9(12-7-4-5-7)8-3-1-2-6-11-8/h1-3,6-7H,4-5H2,(H2,10,12). The smallest absolute Gasteiger partial charge is 0.144 e. The van der Waals surface area contributed by atoms with E-state index < -0.39 is 0 Å². The van der Waals surface area contributed by atoms with Crippen molar-refractivity contribution in [2.45, 2.75) is 18.9 Å². The second-order valence-electron chi connectivity index (χ2n) is 2.96. The Balaban J connectivity index is 2.18. The van der Waals surface area contributed by atoms with Gasteiger partial charge in [-0.1, -0.05) is 6.07 Å². The van der Waals surface area contributed by atoms with Gasteiger partial charge in [-0.25, -0.2) is 0 Å². The summed E-state index contributed by atoms with van der Waals surface area (Å²) >= 11 is 0. The van der Waals surface area contributed by atoms with Crippen molar-refractivity contribution in [1.82, 2.24) is 4.98 Å². The van der Waals surface area contributed by atoms with Crippen molar-refractivity contribution in [3.8, 4) is 0 Å². The van der Waals surface area contributed by atoms with Crippen LogP contribution in [0.3, 0.4) is 0 Å². The first kappa shape index (κ1) is 7.28. The van der Waals surface area contributed by atoms with Gasteiger partial charge in [-0.05, 0) is 25.0 Å². The predicted octanol–water partition coefficient (Wildman–Crippen LogP) is 0.949. The van der Waals surface area contributed by atoms with Crippen LogP contribution in [-0.4, -0.2) is 16.9 Å². The topological polar surface area (TPSA) is 51.3 Å². The SMILES string of the molecule is NC(=NC1CC1)c1ccccn1. The zero-order valence-corrected chi connectivity index (χ0v) is 6.77. The van der Waals surface area contributed by atoms with Gasteiger partial charge in [-0.15, -0.1) is 0 Å². The lowest BCUT2D eigenvalue weighted by Gasteiger charge is -1.97. The normalized spacial score (nSPS) is 17.8. The molecule has 1 heterocycles. The number of nitrogens with two attached hydrogens (primary N) is 1. The fourth-order valence-corrected chi connectivity index (χ4v) is 0.981. The minimum atomic E-state index is 0.465. The fourth-order valence-electron chi connectivity index (χ4n) is 0.981. The molecular formula is C9H11N3. The molecule has 0 aliphatic heterocycles. The van der Waals surface area contributed by atoms with Gasteiger partial charge >= 0.3 is 0 Å². The quantitative estimate of drug-likeness (QED) is 0.518. The van der Waals surface area contributed by atoms with Crippen molar-refractivity contribution in [3.05, 3.63) is 30.1 Å². The molecule has 1 aliphatic rings. The van der Waals surface area contributed by atoms with Gasteiger partial charge in [0.2, 0.25) is 0 Å². The number of hydrogen-bond acceptors (Lipinski definition) is 2. The molecule has 2 rings (SSSR count). The van der Waals surface area contributed by atoms with Crippen LogP contribution in [0, 0.1) is 0 Å². The number of rotatable bonds is 2. The van der Waals surface area contributed by atoms with E-state index in [2.05, 4.69) is 9.98 Å². The highest BCUT2D eigenvalue weighted by Crippen LogP contribution is 2.23. The number of amidine groups is 1. The fraction of sp³-hybridized carbons (Fsp3) is 0.333. The van der Waals surface area contributed by atoms with E-state index in [0.717, 1.165) is 5.69 Å². The second-order valence-corrected chi connectivity index (χ2v) is 2.96. The zero-order chi connectivity index (χ0) is 8.39. The van der Waals surface area contributed by atoms with E-state index in [-0.39, 0.29) is 0 Å². The van der Waals surface area contributed by atoms with Crippen molar-refractivity contribution in [1.29, 1.82) is 0 Å². The largest absolute Gasteiger partial charge is 0.382 e. The van der Waals surface area contributed by atoms with Gasteiger partial charge in [0.25, 0.3) is 0 Å². The van der Waals surface area contributed by atoms with Crippen molar-refractivity contribution < 1.29 is 0 Å². The van der Waals surface area contributed by atoms with Gasteiger partial charge in [-0.2, -0.15) is 0 Å². The average Bonchev–Trinajstić information content (AvgIpc) is 2.90. The van der Waals surface area contributed by atoms with E-state index in [0.29, 0.717) is 11.9 Å². The average molecular weight is 161 g/mol. The number of aromatic nitrogens is 1. The molecule has 3 nitrogen and oxygen atoms in total. The number of aliphatic imine (C=N–C) groups is 1. The summed E-state index contributed by atoms with van der Waals surface area (Å²) in [6.07, 6.45) is 4.08. The summed E-state index contributed by atoms with van der Waals surface area (Å²) in [5.41, 5.74) is 6.51. The van der Waals surface area contributed by atoms with Crippen LogP contribution in [-0.2, 0) is 0 Å². The van der Waals surface area contributed by atoms with Crippen LogP contribution >= 0.6 is 0 Å². The minimum Gasteiger partial charge on any atom is -0.382 e. The lowest BCUT2D eigenvalue weighted by Crippen LogP contribution is -2.15. The Bertz CT molecular complexity index is 288. The third-order valence-electron chi connectivity index (χ3n) is 1.80. The van der Waals surface area contributed by atoms with Crippen LogP contribution in [0.5, 0.6) is 0 Å². The van der Waals surface area contributed by atoms with E-state index in [1.165, 1.54) is 12.8 Å². The van der Waals surface area contributed by atoms with E-state index >= 15 is 0 Å². The van der Waals surface area contributed by atoms with Crippen molar-refractivity contribution >= 4 is 5.84 Å². The Morgan fingerprint density at radius 1 is 1.50 bits per heavy atom. The molecule has 0 saturated heterocycles. The Labute approximate surface area is 71.3 Å². The van der Waals surface area contributed by atoms with E-state index in [4.69, 9.17) is 5.73 Å². The lowest BCUT2D eigenvalue weighted by molar-refractivity contribution is 1.05. The summed E-state index contributed by atoms with van der Waals surface area (Å²) in [5, 5.41) is 0. The Hall–Kier alpha value is -1.38. The molecule has 1 saturated carbocycles. The first-order valence-corrected chi connectivity index (χ1v) is 4.11. The second kappa shape index (κ2) is 2.93. The maximum absolute atomic E-state index is 5.72. The molecule has 12 heavy (non-hydrogen) atoms. The first-order valence-electron chi connectivity index (χ1n) is 4.11. The molecule has 62 valence electrons. The molecule has 0 aromatic carbocycles.